The molecule has 1 rings (SSSR count). The Labute approximate surface area is 121 Å². The molecule has 112 valence electrons. The lowest BCUT2D eigenvalue weighted by Gasteiger charge is -2.19. The van der Waals surface area contributed by atoms with Crippen LogP contribution in [0, 0.1) is 12.8 Å². The monoisotopic (exact) mass is 279 g/mol. The minimum Gasteiger partial charge on any atom is -0.481 e. The van der Waals surface area contributed by atoms with E-state index in [9.17, 15) is 9.90 Å². The summed E-state index contributed by atoms with van der Waals surface area (Å²) in [5.41, 5.74) is 1.72. The average Bonchev–Trinajstić information content (AvgIpc) is 2.35. The maximum Gasteiger partial charge on any atom is 0.260 e. The number of aliphatic hydroxyl groups excluding tert-OH is 1. The molecular formula is C16H25NO3. The van der Waals surface area contributed by atoms with Crippen molar-refractivity contribution in [2.45, 2.75) is 46.8 Å². The molecule has 0 aliphatic heterocycles. The summed E-state index contributed by atoms with van der Waals surface area (Å²) in [6, 6.07) is 5.58. The van der Waals surface area contributed by atoms with Crippen LogP contribution in [-0.2, 0) is 4.79 Å². The second-order valence-electron chi connectivity index (χ2n) is 5.62. The van der Waals surface area contributed by atoms with Crippen LogP contribution in [0.2, 0.25) is 0 Å². The molecule has 2 atom stereocenters. The van der Waals surface area contributed by atoms with E-state index in [0.717, 1.165) is 5.56 Å². The molecular weight excluding hydrogens is 254 g/mol. The molecule has 1 unspecified atom stereocenters. The first-order valence-electron chi connectivity index (χ1n) is 7.04. The second kappa shape index (κ2) is 7.29. The number of aryl methyl sites for hydroxylation is 1. The molecule has 4 heteroatoms. The molecule has 0 radical (unpaired) electrons. The zero-order valence-corrected chi connectivity index (χ0v) is 12.9. The number of aliphatic hydroxyl groups is 1. The van der Waals surface area contributed by atoms with E-state index in [2.05, 4.69) is 5.32 Å². The fourth-order valence-electron chi connectivity index (χ4n) is 1.78. The normalized spacial score (nSPS) is 13.9. The number of nitrogens with one attached hydrogen (secondary N) is 1. The summed E-state index contributed by atoms with van der Waals surface area (Å²) in [7, 11) is 0. The molecule has 0 spiro atoms. The number of benzene rings is 1. The lowest BCUT2D eigenvalue weighted by Crippen LogP contribution is -2.38. The van der Waals surface area contributed by atoms with Crippen molar-refractivity contribution < 1.29 is 14.6 Å². The highest BCUT2D eigenvalue weighted by Gasteiger charge is 2.18. The number of amides is 1. The van der Waals surface area contributed by atoms with Crippen LogP contribution in [0.4, 0.5) is 0 Å². The molecule has 0 aliphatic rings. The summed E-state index contributed by atoms with van der Waals surface area (Å²) in [4.78, 5) is 11.9. The summed E-state index contributed by atoms with van der Waals surface area (Å²) in [5.74, 6) is 0.821. The van der Waals surface area contributed by atoms with Gasteiger partial charge in [-0.05, 0) is 38.3 Å². The molecule has 0 aliphatic carbocycles. The number of ether oxygens (including phenoxy) is 1. The molecule has 0 saturated carbocycles. The van der Waals surface area contributed by atoms with Crippen LogP contribution in [0.15, 0.2) is 18.2 Å². The highest BCUT2D eigenvalue weighted by Crippen LogP contribution is 2.27. The SMILES string of the molecule is Cc1ccc([C@H](C)O)c(OC(C)C(=O)NCC(C)C)c1. The fraction of sp³-hybridized carbons (Fsp3) is 0.562. The van der Waals surface area contributed by atoms with Crippen LogP contribution in [0.5, 0.6) is 5.75 Å². The Morgan fingerprint density at radius 1 is 1.30 bits per heavy atom. The molecule has 0 aromatic heterocycles. The number of carbonyl (C=O) groups is 1. The van der Waals surface area contributed by atoms with Crippen LogP contribution in [-0.4, -0.2) is 23.7 Å². The molecule has 0 saturated heterocycles. The van der Waals surface area contributed by atoms with Gasteiger partial charge < -0.3 is 15.2 Å². The van der Waals surface area contributed by atoms with Crippen LogP contribution in [0.3, 0.4) is 0 Å². The quantitative estimate of drug-likeness (QED) is 0.841. The van der Waals surface area contributed by atoms with Gasteiger partial charge in [0.15, 0.2) is 6.10 Å². The third kappa shape index (κ3) is 4.85. The topological polar surface area (TPSA) is 58.6 Å². The van der Waals surface area contributed by atoms with E-state index >= 15 is 0 Å². The van der Waals surface area contributed by atoms with Crippen LogP contribution in [0.1, 0.15) is 44.9 Å². The van der Waals surface area contributed by atoms with Gasteiger partial charge in [0.1, 0.15) is 5.75 Å². The van der Waals surface area contributed by atoms with Crippen molar-refractivity contribution in [2.75, 3.05) is 6.54 Å². The molecule has 1 aromatic carbocycles. The van der Waals surface area contributed by atoms with Crippen molar-refractivity contribution >= 4 is 5.91 Å². The zero-order chi connectivity index (χ0) is 15.3. The lowest BCUT2D eigenvalue weighted by atomic mass is 10.1. The van der Waals surface area contributed by atoms with Gasteiger partial charge >= 0.3 is 0 Å². The van der Waals surface area contributed by atoms with E-state index in [1.54, 1.807) is 13.8 Å². The molecule has 0 heterocycles. The Kier molecular flexibility index (Phi) is 6.02. The van der Waals surface area contributed by atoms with E-state index in [1.165, 1.54) is 0 Å². The van der Waals surface area contributed by atoms with Crippen LogP contribution in [0.25, 0.3) is 0 Å². The minimum absolute atomic E-state index is 0.142. The van der Waals surface area contributed by atoms with E-state index in [4.69, 9.17) is 4.74 Å². The number of rotatable bonds is 6. The summed E-state index contributed by atoms with van der Waals surface area (Å²) >= 11 is 0. The van der Waals surface area contributed by atoms with Gasteiger partial charge in [0.2, 0.25) is 0 Å². The largest absolute Gasteiger partial charge is 0.481 e. The molecule has 0 fully saturated rings. The predicted octanol–water partition coefficient (Wildman–Crippen LogP) is 2.59. The Hall–Kier alpha value is -1.55. The molecule has 1 aromatic rings. The Morgan fingerprint density at radius 3 is 2.50 bits per heavy atom. The highest BCUT2D eigenvalue weighted by atomic mass is 16.5. The first kappa shape index (κ1) is 16.5. The van der Waals surface area contributed by atoms with E-state index < -0.39 is 12.2 Å². The van der Waals surface area contributed by atoms with E-state index in [1.807, 2.05) is 39.0 Å². The van der Waals surface area contributed by atoms with Gasteiger partial charge in [-0.25, -0.2) is 0 Å². The highest BCUT2D eigenvalue weighted by molar-refractivity contribution is 5.80. The van der Waals surface area contributed by atoms with Crippen molar-refractivity contribution in [3.8, 4) is 5.75 Å². The Morgan fingerprint density at radius 2 is 1.95 bits per heavy atom. The van der Waals surface area contributed by atoms with Crippen LogP contribution < -0.4 is 10.1 Å². The van der Waals surface area contributed by atoms with Crippen molar-refractivity contribution in [3.05, 3.63) is 29.3 Å². The summed E-state index contributed by atoms with van der Waals surface area (Å²) in [6.07, 6.45) is -1.22. The summed E-state index contributed by atoms with van der Waals surface area (Å²) in [5, 5.41) is 12.6. The van der Waals surface area contributed by atoms with Gasteiger partial charge in [0, 0.05) is 12.1 Å². The predicted molar refractivity (Wildman–Crippen MR) is 79.8 cm³/mol. The first-order valence-corrected chi connectivity index (χ1v) is 7.04. The van der Waals surface area contributed by atoms with Crippen molar-refractivity contribution in [3.63, 3.8) is 0 Å². The molecule has 2 N–H and O–H groups in total. The van der Waals surface area contributed by atoms with E-state index in [0.29, 0.717) is 23.8 Å². The van der Waals surface area contributed by atoms with Crippen molar-refractivity contribution in [2.24, 2.45) is 5.92 Å². The Balaban J connectivity index is 2.76. The van der Waals surface area contributed by atoms with Gasteiger partial charge in [-0.2, -0.15) is 0 Å². The number of carbonyl (C=O) groups excluding carboxylic acids is 1. The summed E-state index contributed by atoms with van der Waals surface area (Å²) in [6.45, 7) is 10.0. The van der Waals surface area contributed by atoms with Gasteiger partial charge in [-0.1, -0.05) is 26.0 Å². The average molecular weight is 279 g/mol. The number of hydrogen-bond acceptors (Lipinski definition) is 3. The smallest absolute Gasteiger partial charge is 0.260 e. The van der Waals surface area contributed by atoms with Gasteiger partial charge in [-0.3, -0.25) is 4.79 Å². The van der Waals surface area contributed by atoms with Gasteiger partial charge in [-0.15, -0.1) is 0 Å². The zero-order valence-electron chi connectivity index (χ0n) is 12.9. The minimum atomic E-state index is -0.628. The van der Waals surface area contributed by atoms with Crippen molar-refractivity contribution in [1.29, 1.82) is 0 Å². The van der Waals surface area contributed by atoms with Gasteiger partial charge in [0.25, 0.3) is 5.91 Å². The second-order valence-corrected chi connectivity index (χ2v) is 5.62. The third-order valence-electron chi connectivity index (χ3n) is 2.98. The van der Waals surface area contributed by atoms with Crippen molar-refractivity contribution in [1.82, 2.24) is 5.32 Å². The summed E-state index contributed by atoms with van der Waals surface area (Å²) < 4.78 is 5.71. The van der Waals surface area contributed by atoms with Gasteiger partial charge in [0.05, 0.1) is 6.10 Å². The maximum absolute atomic E-state index is 11.9. The fourth-order valence-corrected chi connectivity index (χ4v) is 1.78. The molecule has 1 amide bonds. The standard InChI is InChI=1S/C16H25NO3/c1-10(2)9-17-16(19)13(5)20-15-8-11(3)6-7-14(15)12(4)18/h6-8,10,12-13,18H,9H2,1-5H3,(H,17,19)/t12-,13?/m0/s1. The van der Waals surface area contributed by atoms with Crippen LogP contribution >= 0.6 is 0 Å². The molecule has 4 nitrogen and oxygen atoms in total. The van der Waals surface area contributed by atoms with E-state index in [-0.39, 0.29) is 5.91 Å². The first-order chi connectivity index (χ1) is 9.31. The third-order valence-corrected chi connectivity index (χ3v) is 2.98. The maximum atomic E-state index is 11.9. The number of hydrogen-bond donors (Lipinski definition) is 2. The Bertz CT molecular complexity index is 455. The molecule has 0 bridgehead atoms. The molecule has 20 heavy (non-hydrogen) atoms. The lowest BCUT2D eigenvalue weighted by molar-refractivity contribution is -0.127.